The van der Waals surface area contributed by atoms with Crippen molar-refractivity contribution in [1.29, 1.82) is 0 Å². The summed E-state index contributed by atoms with van der Waals surface area (Å²) in [5.74, 6) is 0.621. The lowest BCUT2D eigenvalue weighted by atomic mass is 10.0. The Balaban J connectivity index is 1.11. The number of benzene rings is 9. The number of hydrogen-bond acceptors (Lipinski definition) is 3. The molecular formula is C53H35N3O. The molecule has 0 N–H and O–H groups in total. The molecule has 0 aliphatic heterocycles. The number of rotatable bonds is 7. The Labute approximate surface area is 330 Å². The normalized spacial score (nSPS) is 11.5. The fourth-order valence-electron chi connectivity index (χ4n) is 8.38. The van der Waals surface area contributed by atoms with Crippen molar-refractivity contribution in [2.75, 3.05) is 4.90 Å². The number of para-hydroxylation sites is 3. The Bertz CT molecular complexity index is 3220. The molecule has 0 atom stereocenters. The molecule has 0 unspecified atom stereocenters. The molecule has 4 nitrogen and oxygen atoms in total. The van der Waals surface area contributed by atoms with Crippen LogP contribution in [0, 0.1) is 0 Å². The molecule has 0 radical (unpaired) electrons. The van der Waals surface area contributed by atoms with Gasteiger partial charge in [-0.2, -0.15) is 0 Å². The molecule has 0 bridgehead atoms. The van der Waals surface area contributed by atoms with E-state index in [1.54, 1.807) is 0 Å². The fourth-order valence-corrected chi connectivity index (χ4v) is 8.38. The molecule has 0 amide bonds. The summed E-state index contributed by atoms with van der Waals surface area (Å²) in [7, 11) is 0. The van der Waals surface area contributed by atoms with E-state index in [1.807, 2.05) is 36.4 Å². The Morgan fingerprint density at radius 1 is 0.439 bits per heavy atom. The quantitative estimate of drug-likeness (QED) is 0.164. The van der Waals surface area contributed by atoms with Crippen molar-refractivity contribution < 1.29 is 4.42 Å². The predicted octanol–water partition coefficient (Wildman–Crippen LogP) is 14.5. The maximum absolute atomic E-state index is 6.43. The van der Waals surface area contributed by atoms with Gasteiger partial charge in [0, 0.05) is 49.9 Å². The first-order valence-electron chi connectivity index (χ1n) is 19.3. The van der Waals surface area contributed by atoms with Crippen molar-refractivity contribution in [3.8, 4) is 39.4 Å². The van der Waals surface area contributed by atoms with Gasteiger partial charge < -0.3 is 13.9 Å². The Morgan fingerprint density at radius 2 is 1.09 bits per heavy atom. The predicted molar refractivity (Wildman–Crippen MR) is 237 cm³/mol. The highest BCUT2D eigenvalue weighted by atomic mass is 16.3. The topological polar surface area (TPSA) is 34.2 Å². The third kappa shape index (κ3) is 5.58. The van der Waals surface area contributed by atoms with Gasteiger partial charge in [0.2, 0.25) is 5.89 Å². The second-order valence-corrected chi connectivity index (χ2v) is 14.4. The van der Waals surface area contributed by atoms with Gasteiger partial charge in [0.25, 0.3) is 0 Å². The molecule has 268 valence electrons. The van der Waals surface area contributed by atoms with Gasteiger partial charge in [-0.05, 0) is 83.2 Å². The summed E-state index contributed by atoms with van der Waals surface area (Å²) in [6.07, 6.45) is 0. The lowest BCUT2D eigenvalue weighted by Crippen LogP contribution is -2.11. The van der Waals surface area contributed by atoms with Gasteiger partial charge in [0.1, 0.15) is 5.52 Å². The van der Waals surface area contributed by atoms with Crippen LogP contribution in [-0.2, 0) is 0 Å². The smallest absolute Gasteiger partial charge is 0.227 e. The molecule has 2 aromatic heterocycles. The maximum atomic E-state index is 6.43. The Morgan fingerprint density at radius 3 is 1.89 bits per heavy atom. The minimum absolute atomic E-state index is 0.621. The van der Waals surface area contributed by atoms with Crippen molar-refractivity contribution in [3.63, 3.8) is 0 Å². The van der Waals surface area contributed by atoms with Crippen LogP contribution in [-0.4, -0.2) is 9.55 Å². The van der Waals surface area contributed by atoms with Gasteiger partial charge in [-0.1, -0.05) is 146 Å². The van der Waals surface area contributed by atoms with E-state index in [9.17, 15) is 0 Å². The zero-order valence-electron chi connectivity index (χ0n) is 31.0. The molecule has 0 aliphatic carbocycles. The standard InChI is InChI=1S/C53H35N3O/c1-4-15-36(16-5-1)43-22-12-13-26-49(43)55(41-30-27-38(28-31-41)45-24-14-25-48-52(45)57-53(54-48)39-18-6-2-7-19-39)42-32-34-50-47(35-42)46-33-29-37-17-10-11-23-44(37)51(46)56(50)40-20-8-3-9-21-40/h1-35H. The van der Waals surface area contributed by atoms with Crippen LogP contribution in [0.4, 0.5) is 17.1 Å². The molecule has 0 saturated heterocycles. The molecule has 57 heavy (non-hydrogen) atoms. The van der Waals surface area contributed by atoms with Crippen LogP contribution in [0.5, 0.6) is 0 Å². The van der Waals surface area contributed by atoms with Gasteiger partial charge in [-0.15, -0.1) is 0 Å². The first kappa shape index (κ1) is 32.7. The van der Waals surface area contributed by atoms with E-state index in [0.29, 0.717) is 5.89 Å². The van der Waals surface area contributed by atoms with E-state index in [-0.39, 0.29) is 0 Å². The van der Waals surface area contributed by atoms with Gasteiger partial charge in [0.05, 0.1) is 16.7 Å². The van der Waals surface area contributed by atoms with Crippen molar-refractivity contribution in [1.82, 2.24) is 9.55 Å². The third-order valence-electron chi connectivity index (χ3n) is 11.0. The van der Waals surface area contributed by atoms with E-state index < -0.39 is 0 Å². The van der Waals surface area contributed by atoms with Gasteiger partial charge in [0.15, 0.2) is 5.58 Å². The molecule has 4 heteroatoms. The van der Waals surface area contributed by atoms with Crippen LogP contribution in [0.15, 0.2) is 217 Å². The number of oxazole rings is 1. The van der Waals surface area contributed by atoms with Gasteiger partial charge in [-0.25, -0.2) is 4.98 Å². The Hall–Kier alpha value is -7.69. The average molecular weight is 730 g/mol. The van der Waals surface area contributed by atoms with Crippen molar-refractivity contribution >= 4 is 60.7 Å². The number of nitrogens with zero attached hydrogens (tertiary/aromatic N) is 3. The molecule has 9 aromatic carbocycles. The van der Waals surface area contributed by atoms with Crippen molar-refractivity contribution in [2.24, 2.45) is 0 Å². The zero-order chi connectivity index (χ0) is 37.7. The monoisotopic (exact) mass is 729 g/mol. The molecule has 0 saturated carbocycles. The van der Waals surface area contributed by atoms with Crippen molar-refractivity contribution in [2.45, 2.75) is 0 Å². The fraction of sp³-hybridized carbons (Fsp3) is 0. The molecular weight excluding hydrogens is 695 g/mol. The van der Waals surface area contributed by atoms with Crippen LogP contribution in [0.25, 0.3) is 83.1 Å². The maximum Gasteiger partial charge on any atom is 0.227 e. The highest BCUT2D eigenvalue weighted by molar-refractivity contribution is 6.19. The summed E-state index contributed by atoms with van der Waals surface area (Å²) in [5.41, 5.74) is 13.7. The third-order valence-corrected chi connectivity index (χ3v) is 11.0. The highest BCUT2D eigenvalue weighted by Gasteiger charge is 2.21. The number of aromatic nitrogens is 2. The molecule has 2 heterocycles. The summed E-state index contributed by atoms with van der Waals surface area (Å²) >= 11 is 0. The molecule has 11 rings (SSSR count). The Kier molecular flexibility index (Phi) is 7.78. The molecule has 11 aromatic rings. The van der Waals surface area contributed by atoms with E-state index in [1.165, 1.54) is 27.1 Å². The van der Waals surface area contributed by atoms with Crippen LogP contribution in [0.1, 0.15) is 0 Å². The largest absolute Gasteiger partial charge is 0.435 e. The summed E-state index contributed by atoms with van der Waals surface area (Å²) < 4.78 is 8.85. The van der Waals surface area contributed by atoms with Crippen LogP contribution >= 0.6 is 0 Å². The van der Waals surface area contributed by atoms with Crippen LogP contribution in [0.2, 0.25) is 0 Å². The summed E-state index contributed by atoms with van der Waals surface area (Å²) in [6.45, 7) is 0. The van der Waals surface area contributed by atoms with E-state index in [2.05, 4.69) is 185 Å². The number of hydrogen-bond donors (Lipinski definition) is 0. The minimum atomic E-state index is 0.621. The lowest BCUT2D eigenvalue weighted by molar-refractivity contribution is 0.621. The van der Waals surface area contributed by atoms with Gasteiger partial charge >= 0.3 is 0 Å². The minimum Gasteiger partial charge on any atom is -0.435 e. The first-order chi connectivity index (χ1) is 28.3. The van der Waals surface area contributed by atoms with Crippen LogP contribution < -0.4 is 4.90 Å². The summed E-state index contributed by atoms with van der Waals surface area (Å²) in [6, 6.07) is 75.2. The zero-order valence-corrected chi connectivity index (χ0v) is 31.0. The SMILES string of the molecule is c1ccc(-c2nc3cccc(-c4ccc(N(c5ccc6c(c5)c5ccc7ccccc7c5n6-c5ccccc5)c5ccccc5-c5ccccc5)cc4)c3o2)cc1. The summed E-state index contributed by atoms with van der Waals surface area (Å²) in [4.78, 5) is 7.23. The van der Waals surface area contributed by atoms with E-state index in [0.717, 1.165) is 67.2 Å². The van der Waals surface area contributed by atoms with Crippen molar-refractivity contribution in [3.05, 3.63) is 212 Å². The average Bonchev–Trinajstić information content (AvgIpc) is 3.88. The van der Waals surface area contributed by atoms with Crippen LogP contribution in [0.3, 0.4) is 0 Å². The summed E-state index contributed by atoms with van der Waals surface area (Å²) in [5, 5.41) is 4.87. The second-order valence-electron chi connectivity index (χ2n) is 14.4. The molecule has 0 aliphatic rings. The lowest BCUT2D eigenvalue weighted by Gasteiger charge is -2.28. The first-order valence-corrected chi connectivity index (χ1v) is 19.3. The second kappa shape index (κ2) is 13.6. The number of anilines is 3. The van der Waals surface area contributed by atoms with E-state index >= 15 is 0 Å². The molecule has 0 spiro atoms. The van der Waals surface area contributed by atoms with Gasteiger partial charge in [-0.3, -0.25) is 0 Å². The highest BCUT2D eigenvalue weighted by Crippen LogP contribution is 2.45. The molecule has 0 fully saturated rings. The number of fused-ring (bicyclic) bond motifs is 6. The van der Waals surface area contributed by atoms with E-state index in [4.69, 9.17) is 9.40 Å².